The summed E-state index contributed by atoms with van der Waals surface area (Å²) in [7, 11) is 0. The first-order valence-electron chi connectivity index (χ1n) is 13.6. The lowest BCUT2D eigenvalue weighted by atomic mass is 9.88. The Kier molecular flexibility index (Phi) is 7.74. The summed E-state index contributed by atoms with van der Waals surface area (Å²) >= 11 is 0. The second-order valence-corrected chi connectivity index (χ2v) is 10.0. The molecule has 0 unspecified atom stereocenters. The summed E-state index contributed by atoms with van der Waals surface area (Å²) in [6.45, 7) is 4.35. The number of nitrogens with zero attached hydrogens (tertiary/aromatic N) is 4. The molecule has 198 valence electrons. The van der Waals surface area contributed by atoms with Crippen LogP contribution in [-0.2, 0) is 9.59 Å². The number of carbonyl (C=O) groups excluding carboxylic acids is 2. The zero-order valence-electron chi connectivity index (χ0n) is 22.4. The van der Waals surface area contributed by atoms with E-state index in [1.54, 1.807) is 17.7 Å². The molecule has 1 aromatic heterocycles. The fourth-order valence-electron chi connectivity index (χ4n) is 5.31. The predicted molar refractivity (Wildman–Crippen MR) is 150 cm³/mol. The quantitative estimate of drug-likeness (QED) is 0.271. The second-order valence-electron chi connectivity index (χ2n) is 10.0. The summed E-state index contributed by atoms with van der Waals surface area (Å²) in [4.78, 5) is 28.4. The van der Waals surface area contributed by atoms with E-state index in [0.29, 0.717) is 29.0 Å². The molecule has 1 aliphatic carbocycles. The van der Waals surface area contributed by atoms with E-state index in [2.05, 4.69) is 13.0 Å². The van der Waals surface area contributed by atoms with E-state index < -0.39 is 5.91 Å². The zero-order valence-corrected chi connectivity index (χ0v) is 22.4. The van der Waals surface area contributed by atoms with Gasteiger partial charge in [0.15, 0.2) is 0 Å². The smallest absolute Gasteiger partial charge is 0.271 e. The van der Waals surface area contributed by atoms with Crippen LogP contribution >= 0.6 is 0 Å². The van der Waals surface area contributed by atoms with Gasteiger partial charge >= 0.3 is 0 Å². The maximum atomic E-state index is 13.9. The van der Waals surface area contributed by atoms with Gasteiger partial charge in [0, 0.05) is 28.9 Å². The summed E-state index contributed by atoms with van der Waals surface area (Å²) in [5.74, 6) is -0.0836. The van der Waals surface area contributed by atoms with Crippen molar-refractivity contribution in [2.75, 3.05) is 6.61 Å². The standard InChI is InChI=1S/C32H32N4O3/c1-3-17-39-27-16-10-11-23(18-27)30-24(21-35(34-30)25-12-6-4-7-13-25)19-28-22(2)29(20-33)32(38)36(31(28)37)26-14-8-5-9-15-26/h4,6-7,10-13,16,18-19,21,26H,3,5,8-9,14-15,17H2,1-2H3/b28-19+. The lowest BCUT2D eigenvalue weighted by Crippen LogP contribution is -2.49. The van der Waals surface area contributed by atoms with Crippen molar-refractivity contribution in [3.63, 3.8) is 0 Å². The molecule has 1 aliphatic heterocycles. The van der Waals surface area contributed by atoms with Crippen LogP contribution in [0.15, 0.2) is 77.5 Å². The molecule has 0 bridgehead atoms. The second kappa shape index (κ2) is 11.5. The zero-order chi connectivity index (χ0) is 27.4. The lowest BCUT2D eigenvalue weighted by Gasteiger charge is -2.36. The maximum absolute atomic E-state index is 13.9. The minimum absolute atomic E-state index is 0.0263. The van der Waals surface area contributed by atoms with Crippen molar-refractivity contribution in [1.29, 1.82) is 5.26 Å². The monoisotopic (exact) mass is 520 g/mol. The number of amides is 2. The topological polar surface area (TPSA) is 88.2 Å². The number of hydrogen-bond donors (Lipinski definition) is 0. The largest absolute Gasteiger partial charge is 0.494 e. The van der Waals surface area contributed by atoms with Gasteiger partial charge in [-0.25, -0.2) is 4.68 Å². The van der Waals surface area contributed by atoms with Crippen molar-refractivity contribution in [2.45, 2.75) is 58.4 Å². The van der Waals surface area contributed by atoms with Crippen molar-refractivity contribution in [3.8, 4) is 28.8 Å². The first-order valence-corrected chi connectivity index (χ1v) is 13.6. The molecule has 2 aliphatic rings. The number of para-hydroxylation sites is 1. The van der Waals surface area contributed by atoms with E-state index in [-0.39, 0.29) is 17.5 Å². The Balaban J connectivity index is 1.64. The van der Waals surface area contributed by atoms with Crippen molar-refractivity contribution in [2.24, 2.45) is 0 Å². The van der Waals surface area contributed by atoms with Gasteiger partial charge in [0.05, 0.1) is 12.3 Å². The highest BCUT2D eigenvalue weighted by atomic mass is 16.5. The molecule has 1 saturated carbocycles. The van der Waals surface area contributed by atoms with E-state index in [0.717, 1.165) is 55.5 Å². The maximum Gasteiger partial charge on any atom is 0.271 e. The van der Waals surface area contributed by atoms with Crippen molar-refractivity contribution in [1.82, 2.24) is 14.7 Å². The molecule has 39 heavy (non-hydrogen) atoms. The third-order valence-corrected chi connectivity index (χ3v) is 7.36. The van der Waals surface area contributed by atoms with E-state index in [4.69, 9.17) is 9.84 Å². The Bertz CT molecular complexity index is 1490. The summed E-state index contributed by atoms with van der Waals surface area (Å²) < 4.78 is 7.64. The Morgan fingerprint density at radius 2 is 1.82 bits per heavy atom. The number of hydrogen-bond acceptors (Lipinski definition) is 5. The van der Waals surface area contributed by atoms with Crippen LogP contribution < -0.4 is 4.74 Å². The number of nitriles is 1. The van der Waals surface area contributed by atoms with E-state index >= 15 is 0 Å². The van der Waals surface area contributed by atoms with Crippen LogP contribution in [-0.4, -0.2) is 39.1 Å². The lowest BCUT2D eigenvalue weighted by molar-refractivity contribution is -0.143. The van der Waals surface area contributed by atoms with Gasteiger partial charge in [-0.3, -0.25) is 14.5 Å². The summed E-state index contributed by atoms with van der Waals surface area (Å²) in [5, 5.41) is 14.8. The molecule has 0 N–H and O–H groups in total. The SMILES string of the molecule is CCCOc1cccc(-c2nn(-c3ccccc3)cc2/C=C2/C(=O)N(C3CCCCC3)C(=O)C(C#N)=C2C)c1. The highest BCUT2D eigenvalue weighted by Gasteiger charge is 2.40. The molecular weight excluding hydrogens is 488 g/mol. The number of aromatic nitrogens is 2. The first-order chi connectivity index (χ1) is 19.0. The molecule has 2 aromatic carbocycles. The normalized spacial score (nSPS) is 17.6. The molecule has 0 saturated heterocycles. The molecule has 0 radical (unpaired) electrons. The number of carbonyl (C=O) groups is 2. The third kappa shape index (κ3) is 5.28. The highest BCUT2D eigenvalue weighted by Crippen LogP contribution is 2.35. The van der Waals surface area contributed by atoms with E-state index in [1.807, 2.05) is 60.8 Å². The van der Waals surface area contributed by atoms with Gasteiger partial charge in [0.2, 0.25) is 0 Å². The third-order valence-electron chi connectivity index (χ3n) is 7.36. The van der Waals surface area contributed by atoms with Crippen molar-refractivity contribution < 1.29 is 14.3 Å². The van der Waals surface area contributed by atoms with E-state index in [1.165, 1.54) is 4.90 Å². The van der Waals surface area contributed by atoms with Crippen LogP contribution in [0.3, 0.4) is 0 Å². The highest BCUT2D eigenvalue weighted by molar-refractivity contribution is 6.20. The van der Waals surface area contributed by atoms with E-state index in [9.17, 15) is 14.9 Å². The molecular formula is C32H32N4O3. The Labute approximate surface area is 229 Å². The van der Waals surface area contributed by atoms with Gasteiger partial charge in [0.1, 0.15) is 23.1 Å². The molecule has 5 rings (SSSR count). The number of ether oxygens (including phenoxy) is 1. The van der Waals surface area contributed by atoms with Crippen LogP contribution in [0.2, 0.25) is 0 Å². The van der Waals surface area contributed by atoms with Crippen molar-refractivity contribution >= 4 is 17.9 Å². The average Bonchev–Trinajstić information content (AvgIpc) is 3.40. The summed E-state index contributed by atoms with van der Waals surface area (Å²) in [6.07, 6.45) is 9.12. The molecule has 7 nitrogen and oxygen atoms in total. The molecule has 1 fully saturated rings. The molecule has 0 atom stereocenters. The Morgan fingerprint density at radius 1 is 1.05 bits per heavy atom. The Hall–Kier alpha value is -4.44. The minimum atomic E-state index is -0.481. The average molecular weight is 521 g/mol. The number of rotatable bonds is 7. The minimum Gasteiger partial charge on any atom is -0.494 e. The van der Waals surface area contributed by atoms with Gasteiger partial charge in [0.25, 0.3) is 11.8 Å². The van der Waals surface area contributed by atoms with Crippen LogP contribution in [0, 0.1) is 11.3 Å². The van der Waals surface area contributed by atoms with Crippen LogP contribution in [0.25, 0.3) is 23.0 Å². The fourth-order valence-corrected chi connectivity index (χ4v) is 5.31. The van der Waals surface area contributed by atoms with Crippen LogP contribution in [0.1, 0.15) is 57.9 Å². The van der Waals surface area contributed by atoms with Crippen LogP contribution in [0.4, 0.5) is 0 Å². The van der Waals surface area contributed by atoms with Crippen molar-refractivity contribution in [3.05, 3.63) is 83.1 Å². The molecule has 2 heterocycles. The Morgan fingerprint density at radius 3 is 2.54 bits per heavy atom. The molecule has 2 amide bonds. The van der Waals surface area contributed by atoms with Gasteiger partial charge < -0.3 is 4.74 Å². The van der Waals surface area contributed by atoms with Gasteiger partial charge in [-0.15, -0.1) is 0 Å². The van der Waals surface area contributed by atoms with Gasteiger partial charge in [-0.2, -0.15) is 10.4 Å². The summed E-state index contributed by atoms with van der Waals surface area (Å²) in [5.41, 5.74) is 3.88. The predicted octanol–water partition coefficient (Wildman–Crippen LogP) is 6.25. The molecule has 7 heteroatoms. The van der Waals surface area contributed by atoms with Gasteiger partial charge in [-0.05, 0) is 62.1 Å². The first kappa shape index (κ1) is 26.2. The molecule has 3 aromatic rings. The summed E-state index contributed by atoms with van der Waals surface area (Å²) in [6, 6.07) is 19.4. The number of benzene rings is 2. The fraction of sp³-hybridized carbons (Fsp3) is 0.312. The molecule has 0 spiro atoms. The number of imide groups is 1. The van der Waals surface area contributed by atoms with Crippen LogP contribution in [0.5, 0.6) is 5.75 Å². The van der Waals surface area contributed by atoms with Gasteiger partial charge in [-0.1, -0.05) is 56.5 Å².